The first-order valence-electron chi connectivity index (χ1n) is 10.2. The lowest BCUT2D eigenvalue weighted by atomic mass is 9.99. The Labute approximate surface area is 179 Å². The monoisotopic (exact) mass is 430 g/mol. The molecule has 0 saturated carbocycles. The molecule has 2 aromatic rings. The number of amides is 1. The molecule has 0 unspecified atom stereocenters. The van der Waals surface area contributed by atoms with Crippen LogP contribution in [0.3, 0.4) is 0 Å². The van der Waals surface area contributed by atoms with Crippen LogP contribution in [0.25, 0.3) is 0 Å². The SMILES string of the molecule is COc1cc(C)c(C)cc1S(=O)(=O)Nc1ccc2c(c1)CCC(=O)N2CCC(C)C. The van der Waals surface area contributed by atoms with Crippen molar-refractivity contribution in [3.63, 3.8) is 0 Å². The van der Waals surface area contributed by atoms with Crippen LogP contribution in [0.1, 0.15) is 43.4 Å². The van der Waals surface area contributed by atoms with Gasteiger partial charge in [0.15, 0.2) is 0 Å². The van der Waals surface area contributed by atoms with Crippen LogP contribution in [0, 0.1) is 19.8 Å². The number of benzene rings is 2. The van der Waals surface area contributed by atoms with Crippen LogP contribution in [-0.4, -0.2) is 28.0 Å². The molecule has 1 N–H and O–H groups in total. The van der Waals surface area contributed by atoms with Crippen molar-refractivity contribution in [1.82, 2.24) is 0 Å². The van der Waals surface area contributed by atoms with Crippen molar-refractivity contribution in [1.29, 1.82) is 0 Å². The zero-order chi connectivity index (χ0) is 22.1. The fraction of sp³-hybridized carbons (Fsp3) is 0.435. The van der Waals surface area contributed by atoms with E-state index in [-0.39, 0.29) is 10.8 Å². The number of methoxy groups -OCH3 is 1. The van der Waals surface area contributed by atoms with Crippen LogP contribution >= 0.6 is 0 Å². The summed E-state index contributed by atoms with van der Waals surface area (Å²) in [4.78, 5) is 14.3. The molecule has 30 heavy (non-hydrogen) atoms. The summed E-state index contributed by atoms with van der Waals surface area (Å²) in [5.41, 5.74) is 4.17. The number of nitrogens with zero attached hydrogens (tertiary/aromatic N) is 1. The van der Waals surface area contributed by atoms with E-state index in [0.717, 1.165) is 28.8 Å². The van der Waals surface area contributed by atoms with E-state index in [1.807, 2.05) is 30.9 Å². The maximum Gasteiger partial charge on any atom is 0.265 e. The minimum Gasteiger partial charge on any atom is -0.495 e. The van der Waals surface area contributed by atoms with Crippen LogP contribution in [0.4, 0.5) is 11.4 Å². The van der Waals surface area contributed by atoms with Crippen LogP contribution in [0.5, 0.6) is 5.75 Å². The van der Waals surface area contributed by atoms with Crippen molar-refractivity contribution >= 4 is 27.3 Å². The number of hydrogen-bond donors (Lipinski definition) is 1. The molecule has 1 heterocycles. The zero-order valence-electron chi connectivity index (χ0n) is 18.3. The molecule has 1 amide bonds. The van der Waals surface area contributed by atoms with Gasteiger partial charge in [-0.1, -0.05) is 13.8 Å². The Morgan fingerprint density at radius 2 is 1.80 bits per heavy atom. The van der Waals surface area contributed by atoms with E-state index < -0.39 is 10.0 Å². The summed E-state index contributed by atoms with van der Waals surface area (Å²) in [6.07, 6.45) is 1.97. The van der Waals surface area contributed by atoms with Crippen molar-refractivity contribution in [2.75, 3.05) is 23.3 Å². The predicted molar refractivity (Wildman–Crippen MR) is 120 cm³/mol. The second kappa shape index (κ2) is 8.68. The van der Waals surface area contributed by atoms with Gasteiger partial charge in [-0.05, 0) is 79.6 Å². The highest BCUT2D eigenvalue weighted by atomic mass is 32.2. The second-order valence-electron chi connectivity index (χ2n) is 8.26. The molecule has 162 valence electrons. The van der Waals surface area contributed by atoms with E-state index in [2.05, 4.69) is 18.6 Å². The minimum atomic E-state index is -3.82. The average molecular weight is 431 g/mol. The molecule has 6 nitrogen and oxygen atoms in total. The van der Waals surface area contributed by atoms with Gasteiger partial charge in [0.2, 0.25) is 5.91 Å². The van der Waals surface area contributed by atoms with Crippen LogP contribution < -0.4 is 14.4 Å². The molecular weight excluding hydrogens is 400 g/mol. The molecule has 1 aliphatic rings. The molecule has 0 bridgehead atoms. The van der Waals surface area contributed by atoms with E-state index in [9.17, 15) is 13.2 Å². The van der Waals surface area contributed by atoms with Crippen molar-refractivity contribution in [3.8, 4) is 5.75 Å². The maximum atomic E-state index is 13.1. The van der Waals surface area contributed by atoms with E-state index in [1.54, 1.807) is 18.2 Å². The first kappa shape index (κ1) is 22.2. The van der Waals surface area contributed by atoms with Crippen molar-refractivity contribution < 1.29 is 17.9 Å². The molecule has 0 spiro atoms. The van der Waals surface area contributed by atoms with Crippen LogP contribution in [0.2, 0.25) is 0 Å². The van der Waals surface area contributed by atoms with Crippen molar-refractivity contribution in [2.24, 2.45) is 5.92 Å². The summed E-state index contributed by atoms with van der Waals surface area (Å²) >= 11 is 0. The molecule has 0 atom stereocenters. The molecule has 0 aromatic heterocycles. The number of fused-ring (bicyclic) bond motifs is 1. The Kier molecular flexibility index (Phi) is 6.41. The van der Waals surface area contributed by atoms with Gasteiger partial charge in [0.25, 0.3) is 10.0 Å². The van der Waals surface area contributed by atoms with Gasteiger partial charge in [0, 0.05) is 24.3 Å². The zero-order valence-corrected chi connectivity index (χ0v) is 19.1. The molecule has 1 aliphatic heterocycles. The molecule has 7 heteroatoms. The number of rotatable bonds is 7. The minimum absolute atomic E-state index is 0.111. The lowest BCUT2D eigenvalue weighted by molar-refractivity contribution is -0.118. The molecule has 2 aromatic carbocycles. The second-order valence-corrected chi connectivity index (χ2v) is 9.92. The smallest absolute Gasteiger partial charge is 0.265 e. The largest absolute Gasteiger partial charge is 0.495 e. The lowest BCUT2D eigenvalue weighted by Gasteiger charge is -2.30. The number of hydrogen-bond acceptors (Lipinski definition) is 4. The summed E-state index contributed by atoms with van der Waals surface area (Å²) in [6, 6.07) is 8.73. The normalized spacial score (nSPS) is 14.1. The number of ether oxygens (including phenoxy) is 1. The Hall–Kier alpha value is -2.54. The fourth-order valence-corrected chi connectivity index (χ4v) is 4.89. The fourth-order valence-electron chi connectivity index (χ4n) is 3.60. The molecular formula is C23H30N2O4S. The summed E-state index contributed by atoms with van der Waals surface area (Å²) in [5.74, 6) is 0.938. The average Bonchev–Trinajstić information content (AvgIpc) is 2.68. The van der Waals surface area contributed by atoms with Crippen LogP contribution in [0.15, 0.2) is 35.2 Å². The molecule has 0 fully saturated rings. The Balaban J connectivity index is 1.90. The van der Waals surface area contributed by atoms with Gasteiger partial charge in [-0.25, -0.2) is 8.42 Å². The third-order valence-corrected chi connectivity index (χ3v) is 6.93. The number of carbonyl (C=O) groups is 1. The van der Waals surface area contributed by atoms with Gasteiger partial charge in [-0.3, -0.25) is 9.52 Å². The third-order valence-electron chi connectivity index (χ3n) is 5.53. The maximum absolute atomic E-state index is 13.1. The van der Waals surface area contributed by atoms with Crippen molar-refractivity contribution in [2.45, 2.75) is 51.9 Å². The third kappa shape index (κ3) is 4.61. The number of carbonyl (C=O) groups excluding carboxylic acids is 1. The number of sulfonamides is 1. The Bertz CT molecular complexity index is 1060. The Morgan fingerprint density at radius 3 is 2.47 bits per heavy atom. The summed E-state index contributed by atoms with van der Waals surface area (Å²) in [5, 5.41) is 0. The molecule has 0 saturated heterocycles. The highest BCUT2D eigenvalue weighted by Crippen LogP contribution is 2.33. The number of nitrogens with one attached hydrogen (secondary N) is 1. The van der Waals surface area contributed by atoms with Gasteiger partial charge >= 0.3 is 0 Å². The molecule has 3 rings (SSSR count). The van der Waals surface area contributed by atoms with E-state index >= 15 is 0 Å². The summed E-state index contributed by atoms with van der Waals surface area (Å²) < 4.78 is 34.1. The predicted octanol–water partition coefficient (Wildman–Crippen LogP) is 4.44. The highest BCUT2D eigenvalue weighted by Gasteiger charge is 2.26. The number of anilines is 2. The van der Waals surface area contributed by atoms with E-state index in [4.69, 9.17) is 4.74 Å². The summed E-state index contributed by atoms with van der Waals surface area (Å²) in [7, 11) is -2.36. The van der Waals surface area contributed by atoms with Crippen LogP contribution in [-0.2, 0) is 21.2 Å². The topological polar surface area (TPSA) is 75.7 Å². The first-order chi connectivity index (χ1) is 14.1. The van der Waals surface area contributed by atoms with Gasteiger partial charge in [0.05, 0.1) is 7.11 Å². The standard InChI is InChI=1S/C23H30N2O4S/c1-15(2)10-11-25-20-8-7-19(14-18(20)6-9-23(25)26)24-30(27,28)22-13-17(4)16(3)12-21(22)29-5/h7-8,12-15,24H,6,9-11H2,1-5H3. The highest BCUT2D eigenvalue weighted by molar-refractivity contribution is 7.92. The number of aryl methyl sites for hydroxylation is 3. The van der Waals surface area contributed by atoms with E-state index in [1.165, 1.54) is 7.11 Å². The quantitative estimate of drug-likeness (QED) is 0.705. The van der Waals surface area contributed by atoms with Crippen molar-refractivity contribution in [3.05, 3.63) is 47.0 Å². The first-order valence-corrected chi connectivity index (χ1v) is 11.7. The molecule has 0 aliphatic carbocycles. The van der Waals surface area contributed by atoms with Gasteiger partial charge in [-0.15, -0.1) is 0 Å². The van der Waals surface area contributed by atoms with E-state index in [0.29, 0.717) is 36.7 Å². The Morgan fingerprint density at radius 1 is 1.10 bits per heavy atom. The molecule has 0 radical (unpaired) electrons. The lowest BCUT2D eigenvalue weighted by Crippen LogP contribution is -2.36. The van der Waals surface area contributed by atoms with Gasteiger partial charge in [-0.2, -0.15) is 0 Å². The summed E-state index contributed by atoms with van der Waals surface area (Å²) in [6.45, 7) is 8.73. The van der Waals surface area contributed by atoms with Gasteiger partial charge in [0.1, 0.15) is 10.6 Å². The van der Waals surface area contributed by atoms with Gasteiger partial charge < -0.3 is 9.64 Å².